The van der Waals surface area contributed by atoms with Gasteiger partial charge >= 0.3 is 0 Å². The van der Waals surface area contributed by atoms with Crippen LogP contribution in [0.3, 0.4) is 0 Å². The molecule has 0 bridgehead atoms. The van der Waals surface area contributed by atoms with Gasteiger partial charge in [-0.1, -0.05) is 35.9 Å². The molecule has 0 radical (unpaired) electrons. The molecule has 0 fully saturated rings. The lowest BCUT2D eigenvalue weighted by Crippen LogP contribution is -2.36. The number of anilines is 2. The highest BCUT2D eigenvalue weighted by molar-refractivity contribution is 7.14. The summed E-state index contributed by atoms with van der Waals surface area (Å²) in [7, 11) is 1.58. The number of thiazole rings is 1. The second-order valence-electron chi connectivity index (χ2n) is 7.71. The predicted molar refractivity (Wildman–Crippen MR) is 127 cm³/mol. The van der Waals surface area contributed by atoms with Crippen molar-refractivity contribution in [2.45, 2.75) is 27.2 Å². The molecule has 7 nitrogen and oxygen atoms in total. The van der Waals surface area contributed by atoms with Gasteiger partial charge in [0.2, 0.25) is 11.8 Å². The van der Waals surface area contributed by atoms with Crippen LogP contribution < -0.4 is 10.6 Å². The van der Waals surface area contributed by atoms with E-state index in [0.717, 1.165) is 22.4 Å². The Hall–Kier alpha value is -3.52. The second kappa shape index (κ2) is 10.2. The third kappa shape index (κ3) is 6.01. The zero-order valence-corrected chi connectivity index (χ0v) is 19.4. The van der Waals surface area contributed by atoms with Gasteiger partial charge in [0.15, 0.2) is 5.13 Å². The van der Waals surface area contributed by atoms with Gasteiger partial charge in [-0.05, 0) is 44.0 Å². The highest BCUT2D eigenvalue weighted by Gasteiger charge is 2.17. The molecular formula is C24H26N4O3S. The van der Waals surface area contributed by atoms with Crippen LogP contribution in [-0.4, -0.2) is 41.2 Å². The Morgan fingerprint density at radius 1 is 1.00 bits per heavy atom. The summed E-state index contributed by atoms with van der Waals surface area (Å²) in [6.07, 6.45) is 0.0457. The first kappa shape index (κ1) is 23.1. The highest BCUT2D eigenvalue weighted by Crippen LogP contribution is 2.22. The van der Waals surface area contributed by atoms with Crippen molar-refractivity contribution in [2.75, 3.05) is 24.2 Å². The summed E-state index contributed by atoms with van der Waals surface area (Å²) >= 11 is 1.25. The van der Waals surface area contributed by atoms with Crippen molar-refractivity contribution in [3.63, 3.8) is 0 Å². The summed E-state index contributed by atoms with van der Waals surface area (Å²) < 4.78 is 0. The fraction of sp³-hybridized carbons (Fsp3) is 0.250. The molecule has 0 aliphatic rings. The minimum Gasteiger partial charge on any atom is -0.336 e. The fourth-order valence-corrected chi connectivity index (χ4v) is 4.06. The summed E-state index contributed by atoms with van der Waals surface area (Å²) in [5, 5.41) is 7.79. The predicted octanol–water partition coefficient (Wildman–Crippen LogP) is 3.96. The average molecular weight is 451 g/mol. The first-order valence-corrected chi connectivity index (χ1v) is 11.0. The smallest absolute Gasteiger partial charge is 0.257 e. The first-order valence-electron chi connectivity index (χ1n) is 10.2. The van der Waals surface area contributed by atoms with Gasteiger partial charge in [-0.2, -0.15) is 0 Å². The van der Waals surface area contributed by atoms with Crippen LogP contribution in [0.4, 0.5) is 10.8 Å². The molecule has 1 aromatic heterocycles. The number of carbonyl (C=O) groups is 3. The summed E-state index contributed by atoms with van der Waals surface area (Å²) in [6.45, 7) is 5.84. The number of carbonyl (C=O) groups excluding carboxylic acids is 3. The van der Waals surface area contributed by atoms with Crippen molar-refractivity contribution in [2.24, 2.45) is 0 Å². The maximum Gasteiger partial charge on any atom is 0.257 e. The van der Waals surface area contributed by atoms with Crippen molar-refractivity contribution in [3.8, 4) is 0 Å². The van der Waals surface area contributed by atoms with Gasteiger partial charge in [-0.3, -0.25) is 19.7 Å². The molecule has 2 N–H and O–H groups in total. The van der Waals surface area contributed by atoms with Gasteiger partial charge in [0.25, 0.3) is 5.91 Å². The molecule has 0 saturated carbocycles. The molecule has 0 unspecified atom stereocenters. The molecule has 166 valence electrons. The third-order valence-corrected chi connectivity index (χ3v) is 5.70. The quantitative estimate of drug-likeness (QED) is 0.570. The summed E-state index contributed by atoms with van der Waals surface area (Å²) in [4.78, 5) is 42.9. The Bertz CT molecular complexity index is 1120. The number of hydrogen-bond donors (Lipinski definition) is 2. The minimum atomic E-state index is -0.259. The molecule has 0 aliphatic heterocycles. The summed E-state index contributed by atoms with van der Waals surface area (Å²) in [5.74, 6) is -0.748. The largest absolute Gasteiger partial charge is 0.336 e. The van der Waals surface area contributed by atoms with E-state index in [0.29, 0.717) is 16.4 Å². The maximum absolute atomic E-state index is 12.6. The second-order valence-corrected chi connectivity index (χ2v) is 8.57. The standard InChI is InChI=1S/C24H26N4O3S/c1-15-10-16(2)22(17(3)11-15)26-20(29)13-28(4)21(30)12-19-14-32-24(25-19)27-23(31)18-8-6-5-7-9-18/h5-11,14H,12-13H2,1-4H3,(H,26,29)(H,25,27,31). The van der Waals surface area contributed by atoms with Gasteiger partial charge in [-0.15, -0.1) is 11.3 Å². The van der Waals surface area contributed by atoms with Gasteiger partial charge in [0.1, 0.15) is 0 Å². The number of benzene rings is 2. The van der Waals surface area contributed by atoms with Crippen LogP contribution >= 0.6 is 11.3 Å². The zero-order valence-electron chi connectivity index (χ0n) is 18.6. The monoisotopic (exact) mass is 450 g/mol. The van der Waals surface area contributed by atoms with E-state index in [9.17, 15) is 14.4 Å². The number of nitrogens with zero attached hydrogens (tertiary/aromatic N) is 2. The van der Waals surface area contributed by atoms with E-state index in [1.165, 1.54) is 16.2 Å². The van der Waals surface area contributed by atoms with E-state index in [2.05, 4.69) is 15.6 Å². The van der Waals surface area contributed by atoms with Crippen molar-refractivity contribution in [1.82, 2.24) is 9.88 Å². The summed E-state index contributed by atoms with van der Waals surface area (Å²) in [6, 6.07) is 12.9. The molecule has 0 saturated heterocycles. The van der Waals surface area contributed by atoms with Gasteiger partial charge < -0.3 is 10.2 Å². The number of likely N-dealkylation sites (N-methyl/N-ethyl adjacent to an activating group) is 1. The van der Waals surface area contributed by atoms with Crippen LogP contribution in [0, 0.1) is 20.8 Å². The van der Waals surface area contributed by atoms with Crippen LogP contribution in [-0.2, 0) is 16.0 Å². The zero-order chi connectivity index (χ0) is 23.3. The van der Waals surface area contributed by atoms with Crippen LogP contribution in [0.25, 0.3) is 0 Å². The minimum absolute atomic E-state index is 0.0457. The van der Waals surface area contributed by atoms with Gasteiger partial charge in [0, 0.05) is 23.7 Å². The molecule has 3 aromatic rings. The normalized spacial score (nSPS) is 10.5. The van der Waals surface area contributed by atoms with E-state index >= 15 is 0 Å². The van der Waals surface area contributed by atoms with Crippen LogP contribution in [0.15, 0.2) is 47.8 Å². The SMILES string of the molecule is Cc1cc(C)c(NC(=O)CN(C)C(=O)Cc2csc(NC(=O)c3ccccc3)n2)c(C)c1. The van der Waals surface area contributed by atoms with Crippen LogP contribution in [0.5, 0.6) is 0 Å². The number of rotatable bonds is 7. The van der Waals surface area contributed by atoms with E-state index < -0.39 is 0 Å². The Kier molecular flexibility index (Phi) is 7.37. The number of hydrogen-bond acceptors (Lipinski definition) is 5. The molecule has 1 heterocycles. The van der Waals surface area contributed by atoms with Crippen molar-refractivity contribution < 1.29 is 14.4 Å². The Morgan fingerprint density at radius 2 is 1.66 bits per heavy atom. The number of nitrogens with one attached hydrogen (secondary N) is 2. The van der Waals surface area contributed by atoms with Gasteiger partial charge in [-0.25, -0.2) is 4.98 Å². The number of aromatic nitrogens is 1. The molecule has 3 rings (SSSR count). The van der Waals surface area contributed by atoms with Crippen LogP contribution in [0.2, 0.25) is 0 Å². The fourth-order valence-electron chi connectivity index (χ4n) is 3.35. The van der Waals surface area contributed by atoms with E-state index in [1.807, 2.05) is 39.0 Å². The first-order chi connectivity index (χ1) is 15.2. The molecule has 0 atom stereocenters. The van der Waals surface area contributed by atoms with E-state index in [-0.39, 0.29) is 30.7 Å². The molecule has 8 heteroatoms. The maximum atomic E-state index is 12.6. The lowest BCUT2D eigenvalue weighted by molar-refractivity contribution is -0.132. The lowest BCUT2D eigenvalue weighted by atomic mass is 10.1. The van der Waals surface area contributed by atoms with Gasteiger partial charge in [0.05, 0.1) is 18.7 Å². The highest BCUT2D eigenvalue weighted by atomic mass is 32.1. The third-order valence-electron chi connectivity index (χ3n) is 4.89. The summed E-state index contributed by atoms with van der Waals surface area (Å²) in [5.41, 5.74) is 4.95. The van der Waals surface area contributed by atoms with Crippen molar-refractivity contribution in [1.29, 1.82) is 0 Å². The number of amides is 3. The molecule has 2 aromatic carbocycles. The average Bonchev–Trinajstić information content (AvgIpc) is 3.17. The Morgan fingerprint density at radius 3 is 2.31 bits per heavy atom. The molecule has 0 aliphatic carbocycles. The van der Waals surface area contributed by atoms with Crippen LogP contribution in [0.1, 0.15) is 32.7 Å². The van der Waals surface area contributed by atoms with E-state index in [1.54, 1.807) is 36.7 Å². The Balaban J connectivity index is 1.53. The van der Waals surface area contributed by atoms with Crippen molar-refractivity contribution >= 4 is 39.9 Å². The Labute approximate surface area is 191 Å². The van der Waals surface area contributed by atoms with E-state index in [4.69, 9.17) is 0 Å². The number of aryl methyl sites for hydroxylation is 3. The molecular weight excluding hydrogens is 424 g/mol. The van der Waals surface area contributed by atoms with Crippen molar-refractivity contribution in [3.05, 3.63) is 75.8 Å². The lowest BCUT2D eigenvalue weighted by Gasteiger charge is -2.18. The molecule has 3 amide bonds. The topological polar surface area (TPSA) is 91.4 Å². The molecule has 0 spiro atoms. The molecule has 32 heavy (non-hydrogen) atoms.